The summed E-state index contributed by atoms with van der Waals surface area (Å²) in [5.41, 5.74) is 2.26. The van der Waals surface area contributed by atoms with Gasteiger partial charge in [0.15, 0.2) is 5.96 Å². The fourth-order valence-electron chi connectivity index (χ4n) is 2.36. The lowest BCUT2D eigenvalue weighted by Gasteiger charge is -2.14. The third kappa shape index (κ3) is 5.13. The first-order chi connectivity index (χ1) is 12.6. The van der Waals surface area contributed by atoms with Crippen molar-refractivity contribution in [2.75, 3.05) is 21.3 Å². The summed E-state index contributed by atoms with van der Waals surface area (Å²) >= 11 is 6.16. The molecule has 0 saturated heterocycles. The van der Waals surface area contributed by atoms with E-state index in [0.29, 0.717) is 35.4 Å². The van der Waals surface area contributed by atoms with Crippen LogP contribution < -0.4 is 15.4 Å². The first-order valence-corrected chi connectivity index (χ1v) is 8.40. The number of nitrogens with one attached hydrogen (secondary N) is 2. The monoisotopic (exact) mass is 375 g/mol. The second-order valence-corrected chi connectivity index (χ2v) is 5.80. The van der Waals surface area contributed by atoms with E-state index in [0.717, 1.165) is 11.1 Å². The molecule has 138 valence electrons. The van der Waals surface area contributed by atoms with Gasteiger partial charge >= 0.3 is 5.97 Å². The summed E-state index contributed by atoms with van der Waals surface area (Å²) in [5, 5.41) is 7.11. The van der Waals surface area contributed by atoms with Crippen LogP contribution in [0.1, 0.15) is 21.5 Å². The molecule has 6 nitrogen and oxygen atoms in total. The van der Waals surface area contributed by atoms with Gasteiger partial charge in [-0.3, -0.25) is 4.99 Å². The first-order valence-electron chi connectivity index (χ1n) is 8.02. The molecular formula is C19H22ClN3O3. The maximum atomic E-state index is 11.9. The van der Waals surface area contributed by atoms with E-state index in [-0.39, 0.29) is 0 Å². The normalized spacial score (nSPS) is 11.0. The van der Waals surface area contributed by atoms with Gasteiger partial charge in [-0.2, -0.15) is 0 Å². The van der Waals surface area contributed by atoms with Crippen LogP contribution in [0.2, 0.25) is 5.02 Å². The summed E-state index contributed by atoms with van der Waals surface area (Å²) in [6.07, 6.45) is 0. The van der Waals surface area contributed by atoms with E-state index in [9.17, 15) is 4.79 Å². The highest BCUT2D eigenvalue weighted by Gasteiger charge is 2.13. The Hall–Kier alpha value is -2.73. The lowest BCUT2D eigenvalue weighted by molar-refractivity contribution is 0.0597. The van der Waals surface area contributed by atoms with E-state index in [1.54, 1.807) is 19.2 Å². The average Bonchev–Trinajstić information content (AvgIpc) is 2.68. The zero-order chi connectivity index (χ0) is 18.9. The zero-order valence-electron chi connectivity index (χ0n) is 15.0. The molecule has 7 heteroatoms. The molecule has 0 unspecified atom stereocenters. The van der Waals surface area contributed by atoms with Gasteiger partial charge in [0.05, 0.1) is 14.2 Å². The molecule has 0 amide bonds. The highest BCUT2D eigenvalue weighted by molar-refractivity contribution is 6.31. The second kappa shape index (κ2) is 9.68. The first kappa shape index (κ1) is 19.6. The van der Waals surface area contributed by atoms with Crippen LogP contribution in [0.5, 0.6) is 5.75 Å². The molecule has 0 spiro atoms. The van der Waals surface area contributed by atoms with Gasteiger partial charge in [-0.05, 0) is 29.3 Å². The van der Waals surface area contributed by atoms with E-state index in [4.69, 9.17) is 21.1 Å². The number of carbonyl (C=O) groups is 1. The third-order valence-electron chi connectivity index (χ3n) is 3.76. The number of nitrogens with zero attached hydrogens (tertiary/aromatic N) is 1. The summed E-state index contributed by atoms with van der Waals surface area (Å²) in [4.78, 5) is 16.1. The standard InChI is InChI=1S/C19H22ClN3O3/c1-21-19(23-12-14-6-4-5-7-16(14)20)22-11-13-8-9-17(25-2)15(10-13)18(24)26-3/h4-10H,11-12H2,1-3H3,(H2,21,22,23). The van der Waals surface area contributed by atoms with E-state index in [2.05, 4.69) is 15.6 Å². The van der Waals surface area contributed by atoms with Gasteiger partial charge in [0.2, 0.25) is 0 Å². The average molecular weight is 376 g/mol. The van der Waals surface area contributed by atoms with Crippen LogP contribution in [0.4, 0.5) is 0 Å². The maximum Gasteiger partial charge on any atom is 0.341 e. The summed E-state index contributed by atoms with van der Waals surface area (Å²) in [7, 11) is 4.54. The second-order valence-electron chi connectivity index (χ2n) is 5.40. The van der Waals surface area contributed by atoms with Crippen LogP contribution in [0.3, 0.4) is 0 Å². The fraction of sp³-hybridized carbons (Fsp3) is 0.263. The minimum Gasteiger partial charge on any atom is -0.496 e. The summed E-state index contributed by atoms with van der Waals surface area (Å²) in [5.74, 6) is 0.659. The molecule has 26 heavy (non-hydrogen) atoms. The largest absolute Gasteiger partial charge is 0.496 e. The number of ether oxygens (including phenoxy) is 2. The molecule has 2 aromatic carbocycles. The summed E-state index contributed by atoms with van der Waals surface area (Å²) < 4.78 is 9.99. The maximum absolute atomic E-state index is 11.9. The Morgan fingerprint density at radius 1 is 1.12 bits per heavy atom. The topological polar surface area (TPSA) is 72.0 Å². The number of benzene rings is 2. The number of carbonyl (C=O) groups excluding carboxylic acids is 1. The van der Waals surface area contributed by atoms with Crippen molar-refractivity contribution in [1.82, 2.24) is 10.6 Å². The Morgan fingerprint density at radius 3 is 2.50 bits per heavy atom. The number of hydrogen-bond acceptors (Lipinski definition) is 4. The molecule has 2 aromatic rings. The lowest BCUT2D eigenvalue weighted by Crippen LogP contribution is -2.36. The van der Waals surface area contributed by atoms with Crippen LogP contribution in [0.15, 0.2) is 47.5 Å². The van der Waals surface area contributed by atoms with Gasteiger partial charge in [0, 0.05) is 25.2 Å². The van der Waals surface area contributed by atoms with Crippen molar-refractivity contribution in [2.45, 2.75) is 13.1 Å². The Bertz CT molecular complexity index is 793. The van der Waals surface area contributed by atoms with Crippen molar-refractivity contribution < 1.29 is 14.3 Å². The summed E-state index contributed by atoms with van der Waals surface area (Å²) in [6.45, 7) is 1.03. The van der Waals surface area contributed by atoms with Gasteiger partial charge in [-0.1, -0.05) is 35.9 Å². The van der Waals surface area contributed by atoms with Gasteiger partial charge in [-0.25, -0.2) is 4.79 Å². The van der Waals surface area contributed by atoms with Crippen molar-refractivity contribution in [2.24, 2.45) is 4.99 Å². The van der Waals surface area contributed by atoms with Crippen molar-refractivity contribution in [3.8, 4) is 5.75 Å². The molecule has 0 aliphatic heterocycles. The van der Waals surface area contributed by atoms with Crippen molar-refractivity contribution in [3.05, 3.63) is 64.2 Å². The molecule has 2 N–H and O–H groups in total. The molecule has 0 fully saturated rings. The predicted molar refractivity (Wildman–Crippen MR) is 103 cm³/mol. The lowest BCUT2D eigenvalue weighted by atomic mass is 10.1. The van der Waals surface area contributed by atoms with E-state index in [1.807, 2.05) is 30.3 Å². The van der Waals surface area contributed by atoms with Crippen LogP contribution in [0, 0.1) is 0 Å². The van der Waals surface area contributed by atoms with Gasteiger partial charge < -0.3 is 20.1 Å². The van der Waals surface area contributed by atoms with Crippen LogP contribution in [-0.2, 0) is 17.8 Å². The number of rotatable bonds is 6. The number of hydrogen-bond donors (Lipinski definition) is 2. The summed E-state index contributed by atoms with van der Waals surface area (Å²) in [6, 6.07) is 13.0. The highest BCUT2D eigenvalue weighted by Crippen LogP contribution is 2.20. The Kier molecular flexibility index (Phi) is 7.29. The van der Waals surface area contributed by atoms with Crippen LogP contribution >= 0.6 is 11.6 Å². The highest BCUT2D eigenvalue weighted by atomic mass is 35.5. The van der Waals surface area contributed by atoms with Gasteiger partial charge in [-0.15, -0.1) is 0 Å². The number of esters is 1. The molecule has 2 rings (SSSR count). The van der Waals surface area contributed by atoms with Crippen molar-refractivity contribution in [1.29, 1.82) is 0 Å². The predicted octanol–water partition coefficient (Wildman–Crippen LogP) is 3.00. The zero-order valence-corrected chi connectivity index (χ0v) is 15.8. The number of aliphatic imine (C=N–C) groups is 1. The number of halogens is 1. The molecule has 0 radical (unpaired) electrons. The molecule has 0 atom stereocenters. The van der Waals surface area contributed by atoms with Crippen LogP contribution in [0.25, 0.3) is 0 Å². The SMILES string of the molecule is CN=C(NCc1ccc(OC)c(C(=O)OC)c1)NCc1ccccc1Cl. The molecule has 0 aromatic heterocycles. The van der Waals surface area contributed by atoms with E-state index >= 15 is 0 Å². The van der Waals surface area contributed by atoms with E-state index < -0.39 is 5.97 Å². The molecule has 0 heterocycles. The Morgan fingerprint density at radius 2 is 1.85 bits per heavy atom. The minimum absolute atomic E-state index is 0.383. The number of guanidine groups is 1. The Balaban J connectivity index is 2.00. The van der Waals surface area contributed by atoms with Gasteiger partial charge in [0.1, 0.15) is 11.3 Å². The molecular weight excluding hydrogens is 354 g/mol. The quantitative estimate of drug-likeness (QED) is 0.461. The molecule has 0 bridgehead atoms. The Labute approximate surface area is 158 Å². The number of methoxy groups -OCH3 is 2. The smallest absolute Gasteiger partial charge is 0.341 e. The van der Waals surface area contributed by atoms with E-state index in [1.165, 1.54) is 14.2 Å². The van der Waals surface area contributed by atoms with Gasteiger partial charge in [0.25, 0.3) is 0 Å². The minimum atomic E-state index is -0.440. The van der Waals surface area contributed by atoms with Crippen molar-refractivity contribution >= 4 is 23.5 Å². The molecule has 0 aliphatic rings. The van der Waals surface area contributed by atoms with Crippen molar-refractivity contribution in [3.63, 3.8) is 0 Å². The third-order valence-corrected chi connectivity index (χ3v) is 4.13. The van der Waals surface area contributed by atoms with Crippen LogP contribution in [-0.4, -0.2) is 33.2 Å². The fourth-order valence-corrected chi connectivity index (χ4v) is 2.56. The molecule has 0 saturated carbocycles. The molecule has 0 aliphatic carbocycles.